The SMILES string of the molecule is COc1ccc(C(=O)NC(C(=O)Nc2nc(-c3ccccn3)cs2)C(C)C)cc1. The number of methoxy groups -OCH3 is 1. The number of rotatable bonds is 7. The van der Waals surface area contributed by atoms with Crippen LogP contribution in [0.2, 0.25) is 0 Å². The molecule has 0 radical (unpaired) electrons. The molecule has 1 aromatic carbocycles. The Kier molecular flexibility index (Phi) is 6.56. The predicted molar refractivity (Wildman–Crippen MR) is 113 cm³/mol. The maximum atomic E-state index is 12.8. The molecular formula is C21H22N4O3S. The van der Waals surface area contributed by atoms with Crippen LogP contribution < -0.4 is 15.4 Å². The number of carbonyl (C=O) groups is 2. The van der Waals surface area contributed by atoms with Gasteiger partial charge in [-0.15, -0.1) is 11.3 Å². The summed E-state index contributed by atoms with van der Waals surface area (Å²) in [6.07, 6.45) is 1.69. The number of carbonyl (C=O) groups excluding carboxylic acids is 2. The van der Waals surface area contributed by atoms with Gasteiger partial charge in [0.2, 0.25) is 5.91 Å². The van der Waals surface area contributed by atoms with Gasteiger partial charge in [-0.1, -0.05) is 19.9 Å². The number of pyridine rings is 1. The zero-order chi connectivity index (χ0) is 20.8. The second kappa shape index (κ2) is 9.29. The number of thiazole rings is 1. The lowest BCUT2D eigenvalue weighted by Crippen LogP contribution is -2.47. The Labute approximate surface area is 173 Å². The molecule has 1 unspecified atom stereocenters. The van der Waals surface area contributed by atoms with Crippen LogP contribution in [0.1, 0.15) is 24.2 Å². The first-order valence-electron chi connectivity index (χ1n) is 9.10. The Morgan fingerprint density at radius 2 is 1.83 bits per heavy atom. The van der Waals surface area contributed by atoms with Crippen LogP contribution >= 0.6 is 11.3 Å². The molecule has 0 aliphatic heterocycles. The molecule has 29 heavy (non-hydrogen) atoms. The summed E-state index contributed by atoms with van der Waals surface area (Å²) in [6.45, 7) is 3.75. The van der Waals surface area contributed by atoms with E-state index in [2.05, 4.69) is 20.6 Å². The lowest BCUT2D eigenvalue weighted by Gasteiger charge is -2.21. The smallest absolute Gasteiger partial charge is 0.251 e. The molecule has 0 saturated carbocycles. The number of aromatic nitrogens is 2. The molecule has 3 aromatic rings. The number of amides is 2. The highest BCUT2D eigenvalue weighted by molar-refractivity contribution is 7.14. The highest BCUT2D eigenvalue weighted by Gasteiger charge is 2.25. The average Bonchev–Trinajstić information content (AvgIpc) is 3.20. The largest absolute Gasteiger partial charge is 0.497 e. The van der Waals surface area contributed by atoms with Crippen LogP contribution in [-0.2, 0) is 4.79 Å². The molecule has 0 fully saturated rings. The normalized spacial score (nSPS) is 11.7. The summed E-state index contributed by atoms with van der Waals surface area (Å²) in [4.78, 5) is 34.0. The molecule has 0 aliphatic rings. The number of nitrogens with one attached hydrogen (secondary N) is 2. The standard InChI is InChI=1S/C21H22N4O3S/c1-13(2)18(24-19(26)14-7-9-15(28-3)10-8-14)20(27)25-21-23-17(12-29-21)16-6-4-5-11-22-16/h4-13,18H,1-3H3,(H,24,26)(H,23,25,27). The second-order valence-corrected chi connectivity index (χ2v) is 7.52. The lowest BCUT2D eigenvalue weighted by molar-refractivity contribution is -0.118. The van der Waals surface area contributed by atoms with Crippen molar-refractivity contribution in [2.45, 2.75) is 19.9 Å². The Balaban J connectivity index is 1.68. The number of ether oxygens (including phenoxy) is 1. The summed E-state index contributed by atoms with van der Waals surface area (Å²) in [5.41, 5.74) is 1.88. The predicted octanol–water partition coefficient (Wildman–Crippen LogP) is 3.61. The fraction of sp³-hybridized carbons (Fsp3) is 0.238. The van der Waals surface area contributed by atoms with Gasteiger partial charge >= 0.3 is 0 Å². The first-order valence-corrected chi connectivity index (χ1v) is 9.98. The Morgan fingerprint density at radius 1 is 1.07 bits per heavy atom. The Bertz CT molecular complexity index is 971. The first-order chi connectivity index (χ1) is 14.0. The van der Waals surface area contributed by atoms with E-state index >= 15 is 0 Å². The molecule has 2 aromatic heterocycles. The van der Waals surface area contributed by atoms with E-state index in [1.807, 2.05) is 37.4 Å². The fourth-order valence-electron chi connectivity index (χ4n) is 2.65. The summed E-state index contributed by atoms with van der Waals surface area (Å²) in [5, 5.41) is 7.89. The van der Waals surface area contributed by atoms with Gasteiger partial charge in [0, 0.05) is 17.1 Å². The fourth-order valence-corrected chi connectivity index (χ4v) is 3.36. The highest BCUT2D eigenvalue weighted by Crippen LogP contribution is 2.23. The minimum Gasteiger partial charge on any atom is -0.497 e. The topological polar surface area (TPSA) is 93.2 Å². The van der Waals surface area contributed by atoms with Crippen molar-refractivity contribution in [2.75, 3.05) is 12.4 Å². The number of hydrogen-bond acceptors (Lipinski definition) is 6. The van der Waals surface area contributed by atoms with Crippen molar-refractivity contribution in [2.24, 2.45) is 5.92 Å². The molecule has 2 amide bonds. The summed E-state index contributed by atoms with van der Waals surface area (Å²) >= 11 is 1.31. The van der Waals surface area contributed by atoms with Gasteiger partial charge in [0.25, 0.3) is 5.91 Å². The van der Waals surface area contributed by atoms with Crippen LogP contribution in [0.25, 0.3) is 11.4 Å². The van der Waals surface area contributed by atoms with E-state index in [4.69, 9.17) is 4.74 Å². The number of hydrogen-bond donors (Lipinski definition) is 2. The van der Waals surface area contributed by atoms with Gasteiger partial charge in [0.1, 0.15) is 17.5 Å². The molecule has 8 heteroatoms. The van der Waals surface area contributed by atoms with Crippen LogP contribution in [0, 0.1) is 5.92 Å². The van der Waals surface area contributed by atoms with Gasteiger partial charge in [-0.05, 0) is 42.3 Å². The van der Waals surface area contributed by atoms with Gasteiger partial charge in [0.05, 0.1) is 12.8 Å². The second-order valence-electron chi connectivity index (χ2n) is 6.67. The van der Waals surface area contributed by atoms with E-state index in [9.17, 15) is 9.59 Å². The molecule has 0 aliphatic carbocycles. The Morgan fingerprint density at radius 3 is 2.45 bits per heavy atom. The van der Waals surface area contributed by atoms with E-state index in [1.165, 1.54) is 11.3 Å². The molecular weight excluding hydrogens is 388 g/mol. The van der Waals surface area contributed by atoms with E-state index in [0.29, 0.717) is 22.1 Å². The minimum absolute atomic E-state index is 0.104. The van der Waals surface area contributed by atoms with E-state index in [1.54, 1.807) is 37.6 Å². The molecule has 3 rings (SSSR count). The van der Waals surface area contributed by atoms with Gasteiger partial charge in [-0.3, -0.25) is 14.6 Å². The highest BCUT2D eigenvalue weighted by atomic mass is 32.1. The van der Waals surface area contributed by atoms with Crippen molar-refractivity contribution in [3.8, 4) is 17.1 Å². The number of nitrogens with zero attached hydrogens (tertiary/aromatic N) is 2. The van der Waals surface area contributed by atoms with E-state index in [-0.39, 0.29) is 17.7 Å². The Hall–Kier alpha value is -3.26. The molecule has 150 valence electrons. The lowest BCUT2D eigenvalue weighted by atomic mass is 10.0. The maximum absolute atomic E-state index is 12.8. The van der Waals surface area contributed by atoms with Gasteiger partial charge in [-0.25, -0.2) is 4.98 Å². The minimum atomic E-state index is -0.702. The summed E-state index contributed by atoms with van der Waals surface area (Å²) in [7, 11) is 1.56. The third-order valence-electron chi connectivity index (χ3n) is 4.25. The molecule has 0 bridgehead atoms. The van der Waals surface area contributed by atoms with E-state index in [0.717, 1.165) is 5.69 Å². The number of anilines is 1. The first kappa shape index (κ1) is 20.5. The summed E-state index contributed by atoms with van der Waals surface area (Å²) < 4.78 is 5.10. The number of benzene rings is 1. The van der Waals surface area contributed by atoms with Crippen molar-refractivity contribution in [3.63, 3.8) is 0 Å². The maximum Gasteiger partial charge on any atom is 0.251 e. The summed E-state index contributed by atoms with van der Waals surface area (Å²) in [6, 6.07) is 11.6. The van der Waals surface area contributed by atoms with Crippen LogP contribution in [0.4, 0.5) is 5.13 Å². The van der Waals surface area contributed by atoms with Crippen molar-refractivity contribution < 1.29 is 14.3 Å². The zero-order valence-corrected chi connectivity index (χ0v) is 17.2. The van der Waals surface area contributed by atoms with Crippen LogP contribution in [0.5, 0.6) is 5.75 Å². The molecule has 2 heterocycles. The molecule has 0 spiro atoms. The van der Waals surface area contributed by atoms with Crippen LogP contribution in [-0.4, -0.2) is 34.9 Å². The monoisotopic (exact) mass is 410 g/mol. The summed E-state index contributed by atoms with van der Waals surface area (Å²) in [5.74, 6) is -0.0850. The molecule has 1 atom stereocenters. The molecule has 2 N–H and O–H groups in total. The van der Waals surface area contributed by atoms with Gasteiger partial charge < -0.3 is 15.4 Å². The third-order valence-corrected chi connectivity index (χ3v) is 5.01. The van der Waals surface area contributed by atoms with Crippen molar-refractivity contribution in [3.05, 3.63) is 59.6 Å². The average molecular weight is 410 g/mol. The zero-order valence-electron chi connectivity index (χ0n) is 16.4. The van der Waals surface area contributed by atoms with Crippen molar-refractivity contribution in [1.82, 2.24) is 15.3 Å². The molecule has 0 saturated heterocycles. The van der Waals surface area contributed by atoms with Crippen molar-refractivity contribution in [1.29, 1.82) is 0 Å². The quantitative estimate of drug-likeness (QED) is 0.621. The van der Waals surface area contributed by atoms with Gasteiger partial charge in [0.15, 0.2) is 5.13 Å². The van der Waals surface area contributed by atoms with Crippen molar-refractivity contribution >= 4 is 28.3 Å². The van der Waals surface area contributed by atoms with Crippen LogP contribution in [0.15, 0.2) is 54.0 Å². The van der Waals surface area contributed by atoms with E-state index < -0.39 is 6.04 Å². The molecule has 7 nitrogen and oxygen atoms in total. The van der Waals surface area contributed by atoms with Crippen LogP contribution in [0.3, 0.4) is 0 Å². The van der Waals surface area contributed by atoms with Gasteiger partial charge in [-0.2, -0.15) is 0 Å². The third kappa shape index (κ3) is 5.17.